The summed E-state index contributed by atoms with van der Waals surface area (Å²) in [6.45, 7) is 4.55. The van der Waals surface area contributed by atoms with Crippen LogP contribution >= 0.6 is 34.9 Å². The first kappa shape index (κ1) is 29.7. The third-order valence-electron chi connectivity index (χ3n) is 5.74. The molecular formula is C23H27N5O9S3. The molecule has 3 N–H and O–H groups in total. The summed E-state index contributed by atoms with van der Waals surface area (Å²) in [5.74, 6) is -2.94. The van der Waals surface area contributed by atoms with Crippen molar-refractivity contribution in [3.05, 3.63) is 21.7 Å². The van der Waals surface area contributed by atoms with E-state index < -0.39 is 58.6 Å². The summed E-state index contributed by atoms with van der Waals surface area (Å²) in [4.78, 5) is 74.1. The highest BCUT2D eigenvalue weighted by atomic mass is 32.2. The number of nitrogens with zero attached hydrogens (tertiary/aromatic N) is 3. The number of hydrogen-bond acceptors (Lipinski definition) is 15. The van der Waals surface area contributed by atoms with E-state index in [9.17, 15) is 24.0 Å². The molecule has 2 fully saturated rings. The number of fused-ring (bicyclic) bond motifs is 1. The molecule has 0 radical (unpaired) electrons. The van der Waals surface area contributed by atoms with Crippen LogP contribution in [0.2, 0.25) is 0 Å². The zero-order chi connectivity index (χ0) is 29.2. The van der Waals surface area contributed by atoms with Crippen LogP contribution in [0.25, 0.3) is 0 Å². The second-order valence-electron chi connectivity index (χ2n) is 9.62. The number of amides is 2. The lowest BCUT2D eigenvalue weighted by Gasteiger charge is -2.49. The molecule has 3 aliphatic rings. The first-order valence-electron chi connectivity index (χ1n) is 11.9. The molecule has 4 heterocycles. The van der Waals surface area contributed by atoms with Gasteiger partial charge in [0.2, 0.25) is 6.79 Å². The number of oxime groups is 1. The van der Waals surface area contributed by atoms with Crippen LogP contribution in [0.15, 0.2) is 21.1 Å². The number of thiazole rings is 1. The average Bonchev–Trinajstić information content (AvgIpc) is 3.51. The van der Waals surface area contributed by atoms with Crippen molar-refractivity contribution in [2.45, 2.75) is 43.9 Å². The Morgan fingerprint density at radius 3 is 2.65 bits per heavy atom. The number of carbonyl (C=O) groups excluding carboxylic acids is 5. The van der Waals surface area contributed by atoms with Crippen LogP contribution < -0.4 is 11.1 Å². The number of anilines is 1. The quantitative estimate of drug-likeness (QED) is 0.131. The molecule has 216 valence electrons. The van der Waals surface area contributed by atoms with Gasteiger partial charge in [-0.3, -0.25) is 24.1 Å². The van der Waals surface area contributed by atoms with Crippen LogP contribution in [0, 0.1) is 5.41 Å². The SMILES string of the molecule is CO/N=C(\C(=O)N[C@@H]1C(=O)N2C(C(=O)OCOC(=O)C(C)(C)C)=C(SC3CCOC3=O)CS[C@H]12)c1csc(N)n1. The number of thioether (sulfide) groups is 2. The monoisotopic (exact) mass is 613 g/mol. The van der Waals surface area contributed by atoms with Gasteiger partial charge in [-0.15, -0.1) is 34.9 Å². The number of nitrogen functional groups attached to an aromatic ring is 1. The number of β-lactam (4-membered cyclic amide) rings is 1. The molecule has 2 amide bonds. The summed E-state index contributed by atoms with van der Waals surface area (Å²) in [5, 5.41) is 6.90. The highest BCUT2D eigenvalue weighted by Crippen LogP contribution is 2.45. The Labute approximate surface area is 241 Å². The van der Waals surface area contributed by atoms with Gasteiger partial charge in [0.25, 0.3) is 11.8 Å². The fraction of sp³-hybridized carbons (Fsp3) is 0.522. The largest absolute Gasteiger partial charge is 0.465 e. The lowest BCUT2D eigenvalue weighted by Crippen LogP contribution is -2.71. The number of esters is 3. The number of hydrogen-bond donors (Lipinski definition) is 2. The molecule has 1 aromatic heterocycles. The Morgan fingerprint density at radius 2 is 2.05 bits per heavy atom. The molecule has 1 unspecified atom stereocenters. The molecular weight excluding hydrogens is 586 g/mol. The van der Waals surface area contributed by atoms with Gasteiger partial charge in [-0.2, -0.15) is 0 Å². The molecule has 4 rings (SSSR count). The number of aromatic nitrogens is 1. The molecule has 1 aromatic rings. The van der Waals surface area contributed by atoms with Crippen molar-refractivity contribution in [3.63, 3.8) is 0 Å². The normalized spacial score (nSPS) is 22.8. The molecule has 0 bridgehead atoms. The lowest BCUT2D eigenvalue weighted by molar-refractivity contribution is -0.173. The highest BCUT2D eigenvalue weighted by Gasteiger charge is 2.55. The van der Waals surface area contributed by atoms with Crippen molar-refractivity contribution < 1.29 is 43.0 Å². The molecule has 0 saturated carbocycles. The van der Waals surface area contributed by atoms with Gasteiger partial charge in [0.05, 0.1) is 12.0 Å². The van der Waals surface area contributed by atoms with E-state index in [0.717, 1.165) is 23.1 Å². The topological polar surface area (TPSA) is 189 Å². The first-order valence-corrected chi connectivity index (χ1v) is 14.7. The van der Waals surface area contributed by atoms with Gasteiger partial charge in [0.15, 0.2) is 10.8 Å². The third-order valence-corrected chi connectivity index (χ3v) is 9.21. The van der Waals surface area contributed by atoms with E-state index in [0.29, 0.717) is 11.3 Å². The van der Waals surface area contributed by atoms with E-state index in [1.54, 1.807) is 20.8 Å². The van der Waals surface area contributed by atoms with Gasteiger partial charge >= 0.3 is 17.9 Å². The zero-order valence-corrected chi connectivity index (χ0v) is 24.4. The minimum atomic E-state index is -1.000. The number of ether oxygens (including phenoxy) is 3. The van der Waals surface area contributed by atoms with Crippen LogP contribution in [0.3, 0.4) is 0 Å². The minimum absolute atomic E-state index is 0.0752. The molecule has 40 heavy (non-hydrogen) atoms. The van der Waals surface area contributed by atoms with Crippen molar-refractivity contribution in [1.29, 1.82) is 0 Å². The lowest BCUT2D eigenvalue weighted by atomic mass is 9.98. The molecule has 0 aromatic carbocycles. The second-order valence-corrected chi connectivity index (χ2v) is 12.9. The van der Waals surface area contributed by atoms with Crippen molar-refractivity contribution in [1.82, 2.24) is 15.2 Å². The van der Waals surface area contributed by atoms with Crippen LogP contribution in [0.5, 0.6) is 0 Å². The Bertz CT molecular complexity index is 1290. The molecule has 17 heteroatoms. The van der Waals surface area contributed by atoms with Gasteiger partial charge < -0.3 is 30.1 Å². The van der Waals surface area contributed by atoms with Crippen molar-refractivity contribution in [2.75, 3.05) is 32.0 Å². The second kappa shape index (κ2) is 12.1. The maximum absolute atomic E-state index is 13.3. The predicted octanol–water partition coefficient (Wildman–Crippen LogP) is 0.826. The van der Waals surface area contributed by atoms with E-state index >= 15 is 0 Å². The summed E-state index contributed by atoms with van der Waals surface area (Å²) < 4.78 is 15.3. The first-order chi connectivity index (χ1) is 18.9. The molecule has 2 saturated heterocycles. The smallest absolute Gasteiger partial charge is 0.358 e. The fourth-order valence-electron chi connectivity index (χ4n) is 3.75. The Morgan fingerprint density at radius 1 is 1.30 bits per heavy atom. The number of carbonyl (C=O) groups is 5. The van der Waals surface area contributed by atoms with Crippen LogP contribution in [-0.2, 0) is 43.0 Å². The summed E-state index contributed by atoms with van der Waals surface area (Å²) in [7, 11) is 1.26. The minimum Gasteiger partial charge on any atom is -0.465 e. The van der Waals surface area contributed by atoms with Crippen LogP contribution in [0.1, 0.15) is 32.9 Å². The molecule has 14 nitrogen and oxygen atoms in total. The van der Waals surface area contributed by atoms with Crippen molar-refractivity contribution in [2.24, 2.45) is 10.6 Å². The van der Waals surface area contributed by atoms with Gasteiger partial charge in [0, 0.05) is 22.5 Å². The van der Waals surface area contributed by atoms with Crippen molar-refractivity contribution in [3.8, 4) is 0 Å². The molecule has 3 aliphatic heterocycles. The summed E-state index contributed by atoms with van der Waals surface area (Å²) in [6, 6.07) is -1.000. The molecule has 3 atom stereocenters. The Hall–Kier alpha value is -3.31. The van der Waals surface area contributed by atoms with Crippen molar-refractivity contribution >= 4 is 75.4 Å². The number of cyclic esters (lactones) is 1. The van der Waals surface area contributed by atoms with E-state index in [2.05, 4.69) is 15.5 Å². The number of nitrogens with one attached hydrogen (secondary N) is 1. The zero-order valence-electron chi connectivity index (χ0n) is 22.0. The number of rotatable bonds is 9. The summed E-state index contributed by atoms with van der Waals surface area (Å²) >= 11 is 3.53. The maximum atomic E-state index is 13.3. The van der Waals surface area contributed by atoms with Gasteiger partial charge in [-0.05, 0) is 20.8 Å². The number of nitrogens with two attached hydrogens (primary N) is 1. The predicted molar refractivity (Wildman–Crippen MR) is 146 cm³/mol. The maximum Gasteiger partial charge on any atom is 0.358 e. The van der Waals surface area contributed by atoms with E-state index in [-0.39, 0.29) is 34.6 Å². The van der Waals surface area contributed by atoms with E-state index in [1.165, 1.54) is 29.2 Å². The Kier molecular flexibility index (Phi) is 8.94. The summed E-state index contributed by atoms with van der Waals surface area (Å²) in [5.41, 5.74) is 4.79. The third kappa shape index (κ3) is 6.20. The van der Waals surface area contributed by atoms with Crippen LogP contribution in [0.4, 0.5) is 5.13 Å². The fourth-order valence-corrected chi connectivity index (χ4v) is 6.98. The molecule has 0 spiro atoms. The average molecular weight is 614 g/mol. The van der Waals surface area contributed by atoms with Gasteiger partial charge in [0.1, 0.15) is 35.2 Å². The van der Waals surface area contributed by atoms with Crippen LogP contribution in [-0.4, -0.2) is 88.2 Å². The van der Waals surface area contributed by atoms with Gasteiger partial charge in [-0.25, -0.2) is 9.78 Å². The Balaban J connectivity index is 1.52. The summed E-state index contributed by atoms with van der Waals surface area (Å²) in [6.07, 6.45) is 0.446. The standard InChI is InChI=1S/C23H27N5O9S3/c1-23(2,3)21(33)37-9-36-20(32)15-12(40-11-5-6-35-19(11)31)8-38-18-14(17(30)28(15)18)26-16(29)13(27-34-4)10-7-39-22(24)25-10/h7,11,14,18H,5-6,8-9H2,1-4H3,(H2,24,25)(H,26,29)/b27-13-/t11?,14-,18-/m1/s1. The highest BCUT2D eigenvalue weighted by molar-refractivity contribution is 8.07. The van der Waals surface area contributed by atoms with E-state index in [1.807, 2.05) is 0 Å². The van der Waals surface area contributed by atoms with E-state index in [4.69, 9.17) is 24.8 Å². The van der Waals surface area contributed by atoms with Gasteiger partial charge in [-0.1, -0.05) is 5.16 Å². The molecule has 0 aliphatic carbocycles.